The van der Waals surface area contributed by atoms with Gasteiger partial charge in [0.25, 0.3) is 5.95 Å². The van der Waals surface area contributed by atoms with Gasteiger partial charge >= 0.3 is 0 Å². The summed E-state index contributed by atoms with van der Waals surface area (Å²) in [5, 5.41) is 4.72. The molecule has 0 saturated carbocycles. The van der Waals surface area contributed by atoms with Crippen molar-refractivity contribution >= 4 is 16.9 Å². The summed E-state index contributed by atoms with van der Waals surface area (Å²) in [6.07, 6.45) is 5.40. The van der Waals surface area contributed by atoms with Crippen molar-refractivity contribution in [2.24, 2.45) is 0 Å². The fourth-order valence-electron chi connectivity index (χ4n) is 3.84. The van der Waals surface area contributed by atoms with Crippen LogP contribution in [-0.2, 0) is 4.74 Å². The van der Waals surface area contributed by atoms with Crippen LogP contribution in [0.1, 0.15) is 0 Å². The first kappa shape index (κ1) is 18.7. The monoisotopic (exact) mass is 424 g/mol. The van der Waals surface area contributed by atoms with E-state index in [9.17, 15) is 0 Å². The molecular formula is C24H20N6O2. The summed E-state index contributed by atoms with van der Waals surface area (Å²) >= 11 is 0. The third-order valence-electron chi connectivity index (χ3n) is 5.46. The zero-order chi connectivity index (χ0) is 21.3. The van der Waals surface area contributed by atoms with Gasteiger partial charge in [-0.1, -0.05) is 30.3 Å². The normalized spacial score (nSPS) is 14.2. The number of benzene rings is 1. The first-order valence-corrected chi connectivity index (χ1v) is 10.5. The van der Waals surface area contributed by atoms with E-state index >= 15 is 0 Å². The van der Waals surface area contributed by atoms with Gasteiger partial charge in [0.15, 0.2) is 11.4 Å². The molecule has 0 amide bonds. The maximum atomic E-state index is 6.23. The fraction of sp³-hybridized carbons (Fsp3) is 0.167. The molecule has 1 aliphatic heterocycles. The smallest absolute Gasteiger partial charge is 0.253 e. The van der Waals surface area contributed by atoms with Gasteiger partial charge in [-0.15, -0.1) is 0 Å². The van der Waals surface area contributed by atoms with Crippen molar-refractivity contribution in [1.29, 1.82) is 0 Å². The Balaban J connectivity index is 1.48. The molecule has 0 spiro atoms. The molecule has 0 atom stereocenters. The highest BCUT2D eigenvalue weighted by molar-refractivity contribution is 5.88. The predicted molar refractivity (Wildman–Crippen MR) is 121 cm³/mol. The summed E-state index contributed by atoms with van der Waals surface area (Å²) in [7, 11) is 0. The molecule has 0 radical (unpaired) electrons. The average Bonchev–Trinajstić information content (AvgIpc) is 3.53. The van der Waals surface area contributed by atoms with Crippen molar-refractivity contribution in [2.45, 2.75) is 0 Å². The number of morpholine rings is 1. The minimum absolute atomic E-state index is 0.500. The Hall–Kier alpha value is -4.04. The van der Waals surface area contributed by atoms with Crippen molar-refractivity contribution in [3.05, 3.63) is 73.2 Å². The number of rotatable bonds is 4. The number of pyridine rings is 1. The third kappa shape index (κ3) is 3.40. The molecule has 0 unspecified atom stereocenters. The molecular weight excluding hydrogens is 404 g/mol. The summed E-state index contributed by atoms with van der Waals surface area (Å²) in [5.41, 5.74) is 4.19. The molecule has 8 nitrogen and oxygen atoms in total. The largest absolute Gasteiger partial charge is 0.450 e. The van der Waals surface area contributed by atoms with E-state index in [0.717, 1.165) is 41.2 Å². The summed E-state index contributed by atoms with van der Waals surface area (Å²) in [6.45, 7) is 2.78. The van der Waals surface area contributed by atoms with E-state index < -0.39 is 0 Å². The number of anilines is 1. The average molecular weight is 424 g/mol. The number of hydrogen-bond donors (Lipinski definition) is 0. The summed E-state index contributed by atoms with van der Waals surface area (Å²) in [5.74, 6) is 1.96. The van der Waals surface area contributed by atoms with E-state index in [0.29, 0.717) is 30.5 Å². The Morgan fingerprint density at radius 2 is 1.72 bits per heavy atom. The second-order valence-corrected chi connectivity index (χ2v) is 7.52. The highest BCUT2D eigenvalue weighted by Crippen LogP contribution is 2.33. The quantitative estimate of drug-likeness (QED) is 0.432. The molecule has 1 fully saturated rings. The lowest BCUT2D eigenvalue weighted by Gasteiger charge is -2.27. The van der Waals surface area contributed by atoms with E-state index in [4.69, 9.17) is 24.2 Å². The van der Waals surface area contributed by atoms with Gasteiger partial charge in [-0.25, -0.2) is 9.67 Å². The second kappa shape index (κ2) is 7.90. The molecule has 4 aromatic heterocycles. The molecule has 5 heterocycles. The topological polar surface area (TPSA) is 82.1 Å². The van der Waals surface area contributed by atoms with Crippen LogP contribution in [0.4, 0.5) is 5.82 Å². The zero-order valence-corrected chi connectivity index (χ0v) is 17.3. The summed E-state index contributed by atoms with van der Waals surface area (Å²) in [6, 6.07) is 17.8. The first-order chi connectivity index (χ1) is 15.8. The third-order valence-corrected chi connectivity index (χ3v) is 5.46. The van der Waals surface area contributed by atoms with Crippen molar-refractivity contribution in [1.82, 2.24) is 24.7 Å². The van der Waals surface area contributed by atoms with Gasteiger partial charge in [0.05, 0.1) is 18.9 Å². The Bertz CT molecular complexity index is 1360. The van der Waals surface area contributed by atoms with Gasteiger partial charge in [-0.3, -0.25) is 4.98 Å². The molecule has 0 N–H and O–H groups in total. The van der Waals surface area contributed by atoms with Crippen LogP contribution in [0.25, 0.3) is 39.6 Å². The number of hydrogen-bond acceptors (Lipinski definition) is 7. The zero-order valence-electron chi connectivity index (χ0n) is 17.3. The van der Waals surface area contributed by atoms with E-state index in [2.05, 4.69) is 9.88 Å². The van der Waals surface area contributed by atoms with Crippen LogP contribution in [0.15, 0.2) is 77.6 Å². The minimum Gasteiger partial charge on any atom is -0.450 e. The Morgan fingerprint density at radius 1 is 0.875 bits per heavy atom. The minimum atomic E-state index is 0.500. The van der Waals surface area contributed by atoms with Gasteiger partial charge in [0, 0.05) is 48.9 Å². The number of nitrogens with zero attached hydrogens (tertiary/aromatic N) is 6. The molecule has 1 aromatic carbocycles. The molecule has 5 aromatic rings. The van der Waals surface area contributed by atoms with Crippen LogP contribution in [0.2, 0.25) is 0 Å². The van der Waals surface area contributed by atoms with Gasteiger partial charge in [-0.05, 0) is 18.2 Å². The van der Waals surface area contributed by atoms with E-state index in [1.165, 1.54) is 0 Å². The van der Waals surface area contributed by atoms with Crippen LogP contribution in [0.3, 0.4) is 0 Å². The van der Waals surface area contributed by atoms with Crippen molar-refractivity contribution in [3.63, 3.8) is 0 Å². The Kier molecular flexibility index (Phi) is 4.62. The molecule has 6 rings (SSSR count). The molecule has 158 valence electrons. The second-order valence-electron chi connectivity index (χ2n) is 7.52. The van der Waals surface area contributed by atoms with Gasteiger partial charge in [-0.2, -0.15) is 10.1 Å². The number of aromatic nitrogens is 5. The van der Waals surface area contributed by atoms with Crippen LogP contribution < -0.4 is 4.90 Å². The highest BCUT2D eigenvalue weighted by atomic mass is 16.5. The SMILES string of the molecule is c1ccc(-c2ccn(-c3nc(N4CCOCC4)c4oc(-c5cccnc5)cc4n3)n2)cc1. The van der Waals surface area contributed by atoms with Crippen LogP contribution in [-0.4, -0.2) is 51.0 Å². The lowest BCUT2D eigenvalue weighted by Crippen LogP contribution is -2.37. The van der Waals surface area contributed by atoms with Crippen LogP contribution in [0.5, 0.6) is 0 Å². The van der Waals surface area contributed by atoms with E-state index in [1.807, 2.05) is 60.8 Å². The van der Waals surface area contributed by atoms with E-state index in [-0.39, 0.29) is 0 Å². The van der Waals surface area contributed by atoms with Crippen molar-refractivity contribution in [2.75, 3.05) is 31.2 Å². The first-order valence-electron chi connectivity index (χ1n) is 10.5. The standard InChI is InChI=1S/C24H20N6O2/c1-2-5-17(6-3-1)19-8-10-30(28-19)24-26-20-15-21(18-7-4-9-25-16-18)32-22(20)23(27-24)29-11-13-31-14-12-29/h1-10,15-16H,11-14H2. The van der Waals surface area contributed by atoms with Gasteiger partial charge in [0.2, 0.25) is 0 Å². The number of fused-ring (bicyclic) bond motifs is 1. The predicted octanol–water partition coefficient (Wildman–Crippen LogP) is 3.97. The summed E-state index contributed by atoms with van der Waals surface area (Å²) in [4.78, 5) is 16.0. The van der Waals surface area contributed by atoms with Crippen LogP contribution >= 0.6 is 0 Å². The van der Waals surface area contributed by atoms with Gasteiger partial charge < -0.3 is 14.1 Å². The van der Waals surface area contributed by atoms with Crippen LogP contribution in [0, 0.1) is 0 Å². The molecule has 0 aliphatic carbocycles. The van der Waals surface area contributed by atoms with E-state index in [1.54, 1.807) is 17.1 Å². The number of ether oxygens (including phenoxy) is 1. The maximum Gasteiger partial charge on any atom is 0.253 e. The lowest BCUT2D eigenvalue weighted by molar-refractivity contribution is 0.122. The summed E-state index contributed by atoms with van der Waals surface area (Å²) < 4.78 is 13.5. The fourth-order valence-corrected chi connectivity index (χ4v) is 3.84. The molecule has 1 saturated heterocycles. The van der Waals surface area contributed by atoms with Gasteiger partial charge in [0.1, 0.15) is 11.3 Å². The van der Waals surface area contributed by atoms with Crippen molar-refractivity contribution < 1.29 is 9.15 Å². The Morgan fingerprint density at radius 3 is 2.53 bits per heavy atom. The molecule has 32 heavy (non-hydrogen) atoms. The molecule has 0 bridgehead atoms. The highest BCUT2D eigenvalue weighted by Gasteiger charge is 2.22. The number of furan rings is 1. The Labute approximate surface area is 184 Å². The maximum absolute atomic E-state index is 6.23. The molecule has 1 aliphatic rings. The molecule has 8 heteroatoms. The van der Waals surface area contributed by atoms with Crippen molar-refractivity contribution in [3.8, 4) is 28.5 Å². The lowest BCUT2D eigenvalue weighted by atomic mass is 10.2.